The number of nitrogens with two attached hydrogens (primary N) is 1. The zero-order chi connectivity index (χ0) is 16.2. The van der Waals surface area contributed by atoms with Crippen LogP contribution in [-0.4, -0.2) is 43.5 Å². The van der Waals surface area contributed by atoms with Crippen LogP contribution in [0.3, 0.4) is 0 Å². The van der Waals surface area contributed by atoms with E-state index in [0.29, 0.717) is 6.54 Å². The molecule has 0 unspecified atom stereocenters. The fourth-order valence-corrected chi connectivity index (χ4v) is 3.38. The van der Waals surface area contributed by atoms with Crippen LogP contribution in [0.15, 0.2) is 24.3 Å². The molecule has 1 fully saturated rings. The molecule has 2 N–H and O–H groups in total. The van der Waals surface area contributed by atoms with Crippen LogP contribution < -0.4 is 10.6 Å². The lowest BCUT2D eigenvalue weighted by Crippen LogP contribution is -2.54. The number of nitrogens with zero attached hydrogens (tertiary/aromatic N) is 2. The SMILES string of the molecule is CCC(CC)(CN)C(=O)N1CCN(c2ccccc2Cl)CC1.Cl.Cl. The molecule has 1 aliphatic heterocycles. The number of hydrogen-bond donors (Lipinski definition) is 1. The minimum absolute atomic E-state index is 0. The van der Waals surface area contributed by atoms with Gasteiger partial charge in [0, 0.05) is 32.7 Å². The van der Waals surface area contributed by atoms with Gasteiger partial charge >= 0.3 is 0 Å². The maximum Gasteiger partial charge on any atom is 0.230 e. The van der Waals surface area contributed by atoms with E-state index < -0.39 is 5.41 Å². The minimum Gasteiger partial charge on any atom is -0.367 e. The first-order chi connectivity index (χ1) is 10.6. The van der Waals surface area contributed by atoms with E-state index in [2.05, 4.69) is 4.90 Å². The molecule has 0 aliphatic carbocycles. The molecule has 1 amide bonds. The Labute approximate surface area is 162 Å². The van der Waals surface area contributed by atoms with Crippen molar-refractivity contribution in [2.45, 2.75) is 26.7 Å². The number of rotatable bonds is 5. The predicted octanol–water partition coefficient (Wildman–Crippen LogP) is 3.60. The molecule has 24 heavy (non-hydrogen) atoms. The average molecular weight is 397 g/mol. The predicted molar refractivity (Wildman–Crippen MR) is 107 cm³/mol. The maximum atomic E-state index is 12.8. The topological polar surface area (TPSA) is 49.6 Å². The van der Waals surface area contributed by atoms with Gasteiger partial charge in [0.2, 0.25) is 5.91 Å². The van der Waals surface area contributed by atoms with Crippen LogP contribution in [0.2, 0.25) is 5.02 Å². The van der Waals surface area contributed by atoms with E-state index in [1.54, 1.807) is 0 Å². The lowest BCUT2D eigenvalue weighted by atomic mass is 9.81. The van der Waals surface area contributed by atoms with Gasteiger partial charge in [-0.15, -0.1) is 24.8 Å². The zero-order valence-electron chi connectivity index (χ0n) is 14.3. The van der Waals surface area contributed by atoms with Crippen LogP contribution in [0, 0.1) is 5.41 Å². The van der Waals surface area contributed by atoms with Crippen LogP contribution in [0.25, 0.3) is 0 Å². The third kappa shape index (κ3) is 4.69. The summed E-state index contributed by atoms with van der Waals surface area (Å²) >= 11 is 6.26. The molecule has 2 rings (SSSR count). The third-order valence-electron chi connectivity index (χ3n) is 4.96. The van der Waals surface area contributed by atoms with E-state index in [1.165, 1.54) is 0 Å². The van der Waals surface area contributed by atoms with Crippen molar-refractivity contribution in [3.8, 4) is 0 Å². The quantitative estimate of drug-likeness (QED) is 0.827. The largest absolute Gasteiger partial charge is 0.367 e. The molecule has 0 spiro atoms. The van der Waals surface area contributed by atoms with Crippen LogP contribution in [0.4, 0.5) is 5.69 Å². The summed E-state index contributed by atoms with van der Waals surface area (Å²) in [5.41, 5.74) is 6.55. The van der Waals surface area contributed by atoms with Gasteiger partial charge in [0.1, 0.15) is 0 Å². The Morgan fingerprint density at radius 3 is 2.12 bits per heavy atom. The summed E-state index contributed by atoms with van der Waals surface area (Å²) in [4.78, 5) is 17.0. The van der Waals surface area contributed by atoms with Gasteiger partial charge < -0.3 is 15.5 Å². The van der Waals surface area contributed by atoms with Crippen molar-refractivity contribution in [3.05, 3.63) is 29.3 Å². The fraction of sp³-hybridized carbons (Fsp3) is 0.588. The molecule has 1 aliphatic rings. The first kappa shape index (κ1) is 23.3. The van der Waals surface area contributed by atoms with Crippen molar-refractivity contribution in [2.75, 3.05) is 37.6 Å². The molecule has 7 heteroatoms. The third-order valence-corrected chi connectivity index (χ3v) is 5.28. The number of halogens is 3. The Morgan fingerprint density at radius 2 is 1.67 bits per heavy atom. The molecular formula is C17H28Cl3N3O. The number of carbonyl (C=O) groups excluding carboxylic acids is 1. The second kappa shape index (κ2) is 10.3. The molecule has 0 bridgehead atoms. The number of hydrogen-bond acceptors (Lipinski definition) is 3. The van der Waals surface area contributed by atoms with E-state index in [-0.39, 0.29) is 30.7 Å². The maximum absolute atomic E-state index is 12.8. The van der Waals surface area contributed by atoms with Crippen molar-refractivity contribution in [2.24, 2.45) is 11.1 Å². The summed E-state index contributed by atoms with van der Waals surface area (Å²) in [6.45, 7) is 7.59. The Morgan fingerprint density at radius 1 is 1.12 bits per heavy atom. The number of carbonyl (C=O) groups is 1. The van der Waals surface area contributed by atoms with Gasteiger partial charge in [0.15, 0.2) is 0 Å². The van der Waals surface area contributed by atoms with Crippen molar-refractivity contribution < 1.29 is 4.79 Å². The fourth-order valence-electron chi connectivity index (χ4n) is 3.12. The molecule has 0 radical (unpaired) electrons. The number of para-hydroxylation sites is 1. The molecule has 1 saturated heterocycles. The van der Waals surface area contributed by atoms with Crippen molar-refractivity contribution >= 4 is 48.0 Å². The molecule has 0 atom stereocenters. The molecule has 4 nitrogen and oxygen atoms in total. The summed E-state index contributed by atoms with van der Waals surface area (Å²) in [6, 6.07) is 7.86. The van der Waals surface area contributed by atoms with Crippen molar-refractivity contribution in [1.29, 1.82) is 0 Å². The van der Waals surface area contributed by atoms with E-state index >= 15 is 0 Å². The van der Waals surface area contributed by atoms with Gasteiger partial charge in [0.05, 0.1) is 16.1 Å². The Balaban J connectivity index is 0.00000264. The van der Waals surface area contributed by atoms with E-state index in [1.807, 2.05) is 43.0 Å². The highest BCUT2D eigenvalue weighted by Gasteiger charge is 2.37. The van der Waals surface area contributed by atoms with Gasteiger partial charge in [-0.2, -0.15) is 0 Å². The van der Waals surface area contributed by atoms with Gasteiger partial charge in [-0.1, -0.05) is 37.6 Å². The smallest absolute Gasteiger partial charge is 0.230 e. The van der Waals surface area contributed by atoms with Crippen LogP contribution in [0.1, 0.15) is 26.7 Å². The van der Waals surface area contributed by atoms with Crippen LogP contribution in [-0.2, 0) is 4.79 Å². The molecule has 138 valence electrons. The summed E-state index contributed by atoms with van der Waals surface area (Å²) in [7, 11) is 0. The van der Waals surface area contributed by atoms with Crippen molar-refractivity contribution in [1.82, 2.24) is 4.90 Å². The summed E-state index contributed by atoms with van der Waals surface area (Å²) in [5.74, 6) is 0.207. The number of piperazine rings is 1. The summed E-state index contributed by atoms with van der Waals surface area (Å²) < 4.78 is 0. The normalized spacial score (nSPS) is 14.7. The van der Waals surface area contributed by atoms with Gasteiger partial charge in [-0.25, -0.2) is 0 Å². The lowest BCUT2D eigenvalue weighted by molar-refractivity contribution is -0.142. The van der Waals surface area contributed by atoms with Crippen LogP contribution >= 0.6 is 36.4 Å². The molecular weight excluding hydrogens is 369 g/mol. The second-order valence-electron chi connectivity index (χ2n) is 5.92. The van der Waals surface area contributed by atoms with Crippen LogP contribution in [0.5, 0.6) is 0 Å². The second-order valence-corrected chi connectivity index (χ2v) is 6.33. The highest BCUT2D eigenvalue weighted by Crippen LogP contribution is 2.30. The number of benzene rings is 1. The molecule has 0 saturated carbocycles. The Kier molecular flexibility index (Phi) is 10.0. The summed E-state index contributed by atoms with van der Waals surface area (Å²) in [6.07, 6.45) is 1.59. The highest BCUT2D eigenvalue weighted by molar-refractivity contribution is 6.33. The molecule has 1 heterocycles. The van der Waals surface area contributed by atoms with Crippen molar-refractivity contribution in [3.63, 3.8) is 0 Å². The van der Waals surface area contributed by atoms with E-state index in [9.17, 15) is 4.79 Å². The average Bonchev–Trinajstić information content (AvgIpc) is 2.57. The van der Waals surface area contributed by atoms with E-state index in [4.69, 9.17) is 17.3 Å². The first-order valence-corrected chi connectivity index (χ1v) is 8.44. The minimum atomic E-state index is -0.396. The number of amides is 1. The summed E-state index contributed by atoms with van der Waals surface area (Å²) in [5, 5.41) is 0.765. The monoisotopic (exact) mass is 395 g/mol. The molecule has 1 aromatic carbocycles. The zero-order valence-corrected chi connectivity index (χ0v) is 16.7. The highest BCUT2D eigenvalue weighted by atomic mass is 35.5. The first-order valence-electron chi connectivity index (χ1n) is 8.07. The van der Waals surface area contributed by atoms with Gasteiger partial charge in [-0.05, 0) is 25.0 Å². The standard InChI is InChI=1S/C17H26ClN3O.2ClH/c1-3-17(4-2,13-19)16(22)21-11-9-20(10-12-21)15-8-6-5-7-14(15)18;;/h5-8H,3-4,9-13,19H2,1-2H3;2*1H. The van der Waals surface area contributed by atoms with Gasteiger partial charge in [0.25, 0.3) is 0 Å². The lowest BCUT2D eigenvalue weighted by Gasteiger charge is -2.41. The molecule has 0 aromatic heterocycles. The molecule has 1 aromatic rings. The number of anilines is 1. The Hall–Kier alpha value is -0.680. The Bertz CT molecular complexity index is 507. The van der Waals surface area contributed by atoms with Gasteiger partial charge in [-0.3, -0.25) is 4.79 Å². The van der Waals surface area contributed by atoms with E-state index in [0.717, 1.165) is 49.7 Å².